The Morgan fingerprint density at radius 2 is 1.85 bits per heavy atom. The van der Waals surface area contributed by atoms with E-state index >= 15 is 0 Å². The molecule has 2 aromatic rings. The molecule has 0 bridgehead atoms. The molecule has 1 fully saturated rings. The molecule has 2 amide bonds. The lowest BCUT2D eigenvalue weighted by atomic mass is 10.2. The number of amides is 2. The van der Waals surface area contributed by atoms with Gasteiger partial charge in [0.2, 0.25) is 13.9 Å². The average Bonchev–Trinajstić information content (AvgIpc) is 2.90. The second kappa shape index (κ2) is 7.39. The number of halogens is 1. The third-order valence-corrected chi connectivity index (χ3v) is 8.14. The van der Waals surface area contributed by atoms with Crippen LogP contribution < -0.4 is 5.32 Å². The molecular formula is C19H14ClNO4S2. The van der Waals surface area contributed by atoms with Crippen molar-refractivity contribution < 1.29 is 18.0 Å². The number of imide groups is 1. The summed E-state index contributed by atoms with van der Waals surface area (Å²) in [5, 5.41) is 1.85. The Balaban J connectivity index is 2.02. The summed E-state index contributed by atoms with van der Waals surface area (Å²) in [7, 11) is -4.16. The average molecular weight is 420 g/mol. The highest BCUT2D eigenvalue weighted by molar-refractivity contribution is 8.25. The molecule has 27 heavy (non-hydrogen) atoms. The molecule has 0 aromatic heterocycles. The topological polar surface area (TPSA) is 80.3 Å². The fourth-order valence-electron chi connectivity index (χ4n) is 2.53. The standard InChI is InChI=1S/C19H14ClNO4S2/c1-13-7-9-16(10-8-13)27(24,25)19(17(22)21-18(23)26-19)11-3-5-14-4-2-6-15(20)12-14/h2,4,6-10,12H,11H2,1H3,(H,21,22,23). The summed E-state index contributed by atoms with van der Waals surface area (Å²) in [5.74, 6) is 4.65. The second-order valence-electron chi connectivity index (χ2n) is 5.90. The van der Waals surface area contributed by atoms with Crippen LogP contribution in [-0.4, -0.2) is 23.6 Å². The maximum Gasteiger partial charge on any atom is 0.287 e. The lowest BCUT2D eigenvalue weighted by Gasteiger charge is -2.22. The van der Waals surface area contributed by atoms with Gasteiger partial charge in [-0.1, -0.05) is 47.2 Å². The van der Waals surface area contributed by atoms with Gasteiger partial charge in [-0.15, -0.1) is 0 Å². The first-order valence-corrected chi connectivity index (χ1v) is 10.5. The van der Waals surface area contributed by atoms with Crippen molar-refractivity contribution >= 4 is 44.3 Å². The van der Waals surface area contributed by atoms with Gasteiger partial charge in [-0.05, 0) is 49.0 Å². The van der Waals surface area contributed by atoms with Crippen LogP contribution in [0.4, 0.5) is 4.79 Å². The summed E-state index contributed by atoms with van der Waals surface area (Å²) >= 11 is 6.36. The van der Waals surface area contributed by atoms with Crippen LogP contribution in [0.5, 0.6) is 0 Å². The van der Waals surface area contributed by atoms with Gasteiger partial charge in [-0.25, -0.2) is 8.42 Å². The maximum absolute atomic E-state index is 13.2. The molecule has 0 spiro atoms. The number of carbonyl (C=O) groups is 2. The predicted molar refractivity (Wildman–Crippen MR) is 105 cm³/mol. The summed E-state index contributed by atoms with van der Waals surface area (Å²) in [4.78, 5) is 24.2. The first-order chi connectivity index (χ1) is 12.7. The Hall–Kier alpha value is -2.27. The molecule has 1 saturated heterocycles. The first kappa shape index (κ1) is 19.5. The van der Waals surface area contributed by atoms with E-state index in [-0.39, 0.29) is 11.3 Å². The molecule has 138 valence electrons. The molecular weight excluding hydrogens is 406 g/mol. The van der Waals surface area contributed by atoms with Crippen LogP contribution in [0.15, 0.2) is 53.4 Å². The van der Waals surface area contributed by atoms with E-state index in [1.807, 2.05) is 6.92 Å². The van der Waals surface area contributed by atoms with E-state index < -0.39 is 25.1 Å². The van der Waals surface area contributed by atoms with Gasteiger partial charge >= 0.3 is 0 Å². The highest BCUT2D eigenvalue weighted by atomic mass is 35.5. The number of aryl methyl sites for hydroxylation is 1. The van der Waals surface area contributed by atoms with Gasteiger partial charge in [0.05, 0.1) is 4.90 Å². The smallest absolute Gasteiger partial charge is 0.285 e. The zero-order chi connectivity index (χ0) is 19.7. The third kappa shape index (κ3) is 3.74. The van der Waals surface area contributed by atoms with Crippen molar-refractivity contribution in [2.24, 2.45) is 0 Å². The molecule has 1 unspecified atom stereocenters. The third-order valence-electron chi connectivity index (χ3n) is 3.96. The Bertz CT molecular complexity index is 1080. The SMILES string of the molecule is Cc1ccc(S(=O)(=O)C2(CC#Cc3cccc(Cl)c3)SC(=O)NC2=O)cc1. The van der Waals surface area contributed by atoms with Gasteiger partial charge < -0.3 is 0 Å². The molecule has 0 aliphatic carbocycles. The van der Waals surface area contributed by atoms with Crippen molar-refractivity contribution in [2.75, 3.05) is 0 Å². The van der Waals surface area contributed by atoms with E-state index in [1.54, 1.807) is 36.4 Å². The van der Waals surface area contributed by atoms with Crippen molar-refractivity contribution in [3.63, 3.8) is 0 Å². The molecule has 5 nitrogen and oxygen atoms in total. The minimum Gasteiger partial charge on any atom is -0.285 e. The fourth-order valence-corrected chi connectivity index (χ4v) is 5.84. The molecule has 2 aromatic carbocycles. The summed E-state index contributed by atoms with van der Waals surface area (Å²) in [6.45, 7) is 1.82. The van der Waals surface area contributed by atoms with E-state index in [2.05, 4.69) is 17.2 Å². The molecule has 1 aliphatic rings. The van der Waals surface area contributed by atoms with Crippen molar-refractivity contribution in [3.8, 4) is 11.8 Å². The van der Waals surface area contributed by atoms with Crippen LogP contribution in [0.1, 0.15) is 17.5 Å². The van der Waals surface area contributed by atoms with Crippen LogP contribution in [0, 0.1) is 18.8 Å². The fraction of sp³-hybridized carbons (Fsp3) is 0.158. The predicted octanol–water partition coefficient (Wildman–Crippen LogP) is 3.54. The maximum atomic E-state index is 13.2. The van der Waals surface area contributed by atoms with Gasteiger partial charge in [0.15, 0.2) is 0 Å². The number of hydrogen-bond acceptors (Lipinski definition) is 5. The number of sulfone groups is 1. The molecule has 1 N–H and O–H groups in total. The largest absolute Gasteiger partial charge is 0.287 e. The zero-order valence-electron chi connectivity index (χ0n) is 14.2. The summed E-state index contributed by atoms with van der Waals surface area (Å²) in [6, 6.07) is 12.9. The monoisotopic (exact) mass is 419 g/mol. The highest BCUT2D eigenvalue weighted by Gasteiger charge is 2.58. The normalized spacial score (nSPS) is 19.3. The minimum atomic E-state index is -4.16. The number of hydrogen-bond donors (Lipinski definition) is 1. The van der Waals surface area contributed by atoms with E-state index in [4.69, 9.17) is 11.6 Å². The molecule has 3 rings (SSSR count). The van der Waals surface area contributed by atoms with Crippen molar-refractivity contribution in [1.29, 1.82) is 0 Å². The van der Waals surface area contributed by atoms with E-state index in [1.165, 1.54) is 12.1 Å². The second-order valence-corrected chi connectivity index (χ2v) is 10.0. The Labute approximate surface area is 166 Å². The van der Waals surface area contributed by atoms with Crippen molar-refractivity contribution in [2.45, 2.75) is 22.3 Å². The molecule has 0 saturated carbocycles. The van der Waals surface area contributed by atoms with Crippen LogP contribution >= 0.6 is 23.4 Å². The molecule has 8 heteroatoms. The van der Waals surface area contributed by atoms with Crippen LogP contribution in [0.2, 0.25) is 5.02 Å². The Morgan fingerprint density at radius 1 is 1.15 bits per heavy atom. The molecule has 1 atom stereocenters. The van der Waals surface area contributed by atoms with Crippen LogP contribution in [0.3, 0.4) is 0 Å². The summed E-state index contributed by atoms with van der Waals surface area (Å²) in [5.41, 5.74) is 1.46. The number of rotatable bonds is 3. The van der Waals surface area contributed by atoms with Gasteiger partial charge in [-0.3, -0.25) is 14.9 Å². The van der Waals surface area contributed by atoms with Crippen LogP contribution in [-0.2, 0) is 14.6 Å². The zero-order valence-corrected chi connectivity index (χ0v) is 16.5. The molecule has 1 aliphatic heterocycles. The molecule has 0 radical (unpaired) electrons. The van der Waals surface area contributed by atoms with Gasteiger partial charge in [0.1, 0.15) is 0 Å². The van der Waals surface area contributed by atoms with Gasteiger partial charge in [-0.2, -0.15) is 0 Å². The highest BCUT2D eigenvalue weighted by Crippen LogP contribution is 2.43. The van der Waals surface area contributed by atoms with Gasteiger partial charge in [0.25, 0.3) is 11.1 Å². The lowest BCUT2D eigenvalue weighted by molar-refractivity contribution is -0.119. The molecule has 1 heterocycles. The number of thioether (sulfide) groups is 1. The minimum absolute atomic E-state index is 0.0324. The van der Waals surface area contributed by atoms with Gasteiger partial charge in [0, 0.05) is 17.0 Å². The number of carbonyl (C=O) groups excluding carboxylic acids is 2. The van der Waals surface area contributed by atoms with Crippen molar-refractivity contribution in [1.82, 2.24) is 5.32 Å². The number of benzene rings is 2. The summed E-state index contributed by atoms with van der Waals surface area (Å²) < 4.78 is 24.4. The Kier molecular flexibility index (Phi) is 5.33. The van der Waals surface area contributed by atoms with Crippen LogP contribution in [0.25, 0.3) is 0 Å². The van der Waals surface area contributed by atoms with E-state index in [9.17, 15) is 18.0 Å². The summed E-state index contributed by atoms with van der Waals surface area (Å²) in [6.07, 6.45) is -0.335. The number of nitrogens with one attached hydrogen (secondary N) is 1. The van der Waals surface area contributed by atoms with E-state index in [0.717, 1.165) is 5.56 Å². The van der Waals surface area contributed by atoms with E-state index in [0.29, 0.717) is 22.3 Å². The lowest BCUT2D eigenvalue weighted by Crippen LogP contribution is -2.43. The quantitative estimate of drug-likeness (QED) is 0.769. The first-order valence-electron chi connectivity index (χ1n) is 7.85. The van der Waals surface area contributed by atoms with Crippen molar-refractivity contribution in [3.05, 3.63) is 64.7 Å². The Morgan fingerprint density at radius 3 is 2.44 bits per heavy atom.